The second kappa shape index (κ2) is 7.67. The fourth-order valence-corrected chi connectivity index (χ4v) is 3.24. The van der Waals surface area contributed by atoms with Gasteiger partial charge in [0, 0.05) is 18.1 Å². The maximum absolute atomic E-state index is 13.4. The Morgan fingerprint density at radius 1 is 0.931 bits per heavy atom. The third-order valence-corrected chi connectivity index (χ3v) is 4.80. The van der Waals surface area contributed by atoms with E-state index >= 15 is 0 Å². The molecule has 0 aliphatic carbocycles. The largest absolute Gasteiger partial charge is 0.350 e. The molecule has 3 aromatic rings. The first-order valence-corrected chi connectivity index (χ1v) is 9.12. The number of carbonyl (C=O) groups is 2. The molecule has 2 heterocycles. The molecule has 0 atom stereocenters. The van der Waals surface area contributed by atoms with Gasteiger partial charge in [0.1, 0.15) is 11.5 Å². The zero-order valence-corrected chi connectivity index (χ0v) is 15.7. The minimum atomic E-state index is -0.422. The van der Waals surface area contributed by atoms with E-state index in [1.165, 1.54) is 29.2 Å². The van der Waals surface area contributed by atoms with Crippen molar-refractivity contribution in [1.29, 1.82) is 0 Å². The smallest absolute Gasteiger partial charge is 0.278 e. The number of nitrogens with one attached hydrogen (secondary N) is 1. The van der Waals surface area contributed by atoms with Gasteiger partial charge in [0.2, 0.25) is 0 Å². The summed E-state index contributed by atoms with van der Waals surface area (Å²) in [5.41, 5.74) is 3.35. The molecule has 29 heavy (non-hydrogen) atoms. The molecule has 2 aromatic carbocycles. The number of aromatic nitrogens is 1. The van der Waals surface area contributed by atoms with Gasteiger partial charge in [-0.05, 0) is 53.9 Å². The molecule has 6 heteroatoms. The number of imide groups is 1. The summed E-state index contributed by atoms with van der Waals surface area (Å²) in [5.74, 6) is -1.25. The number of para-hydroxylation sites is 1. The van der Waals surface area contributed by atoms with Gasteiger partial charge in [0.15, 0.2) is 0 Å². The second-order valence-electron chi connectivity index (χ2n) is 6.75. The topological polar surface area (TPSA) is 62.3 Å². The highest BCUT2D eigenvalue weighted by Crippen LogP contribution is 2.32. The average Bonchev–Trinajstić information content (AvgIpc) is 2.95. The molecule has 5 nitrogen and oxygen atoms in total. The van der Waals surface area contributed by atoms with Crippen molar-refractivity contribution in [2.24, 2.45) is 0 Å². The first-order valence-electron chi connectivity index (χ1n) is 9.12. The van der Waals surface area contributed by atoms with Crippen LogP contribution in [0.1, 0.15) is 16.7 Å². The van der Waals surface area contributed by atoms with Crippen LogP contribution in [-0.2, 0) is 16.1 Å². The van der Waals surface area contributed by atoms with E-state index in [1.54, 1.807) is 24.5 Å². The number of aryl methyl sites for hydroxylation is 1. The van der Waals surface area contributed by atoms with Gasteiger partial charge in [0.05, 0.1) is 12.1 Å². The number of carbonyl (C=O) groups excluding carboxylic acids is 2. The molecule has 0 radical (unpaired) electrons. The molecular formula is C23H18FN3O2. The van der Waals surface area contributed by atoms with Crippen LogP contribution in [0.4, 0.5) is 10.1 Å². The van der Waals surface area contributed by atoms with Crippen molar-refractivity contribution >= 4 is 23.1 Å². The second-order valence-corrected chi connectivity index (χ2v) is 6.75. The third-order valence-electron chi connectivity index (χ3n) is 4.80. The number of halogens is 1. The van der Waals surface area contributed by atoms with Crippen molar-refractivity contribution in [2.75, 3.05) is 5.32 Å². The number of nitrogens with zero attached hydrogens (tertiary/aromatic N) is 2. The first-order chi connectivity index (χ1) is 14.0. The average molecular weight is 387 g/mol. The zero-order valence-electron chi connectivity index (χ0n) is 15.7. The summed E-state index contributed by atoms with van der Waals surface area (Å²) in [6.45, 7) is 2.04. The van der Waals surface area contributed by atoms with Crippen LogP contribution < -0.4 is 5.32 Å². The number of hydrogen-bond donors (Lipinski definition) is 1. The van der Waals surface area contributed by atoms with Gasteiger partial charge in [0.25, 0.3) is 11.8 Å². The number of benzene rings is 2. The van der Waals surface area contributed by atoms with E-state index < -0.39 is 17.6 Å². The Balaban J connectivity index is 1.76. The molecule has 4 rings (SSSR count). The van der Waals surface area contributed by atoms with Crippen LogP contribution >= 0.6 is 0 Å². The Kier molecular flexibility index (Phi) is 4.91. The van der Waals surface area contributed by atoms with Gasteiger partial charge < -0.3 is 5.32 Å². The zero-order chi connectivity index (χ0) is 20.4. The lowest BCUT2D eigenvalue weighted by Gasteiger charge is -2.15. The summed E-state index contributed by atoms with van der Waals surface area (Å²) >= 11 is 0. The van der Waals surface area contributed by atoms with E-state index in [-0.39, 0.29) is 17.8 Å². The quantitative estimate of drug-likeness (QED) is 0.674. The summed E-state index contributed by atoms with van der Waals surface area (Å²) in [6.07, 6.45) is 3.22. The summed E-state index contributed by atoms with van der Waals surface area (Å²) in [6, 6.07) is 16.6. The first kappa shape index (κ1) is 18.6. The van der Waals surface area contributed by atoms with Gasteiger partial charge in [-0.15, -0.1) is 0 Å². The highest BCUT2D eigenvalue weighted by Gasteiger charge is 2.39. The molecule has 2 amide bonds. The van der Waals surface area contributed by atoms with Crippen LogP contribution in [0.25, 0.3) is 5.57 Å². The summed E-state index contributed by atoms with van der Waals surface area (Å²) in [4.78, 5) is 31.5. The van der Waals surface area contributed by atoms with Crippen LogP contribution in [0, 0.1) is 12.7 Å². The molecule has 0 bridgehead atoms. The predicted octanol–water partition coefficient (Wildman–Crippen LogP) is 3.92. The van der Waals surface area contributed by atoms with E-state index in [1.807, 2.05) is 31.2 Å². The molecule has 1 aromatic heterocycles. The predicted molar refractivity (Wildman–Crippen MR) is 108 cm³/mol. The Bertz CT molecular complexity index is 1110. The summed E-state index contributed by atoms with van der Waals surface area (Å²) in [5, 5.41) is 3.13. The van der Waals surface area contributed by atoms with Crippen LogP contribution in [0.15, 0.2) is 78.8 Å². The Morgan fingerprint density at radius 3 is 2.31 bits per heavy atom. The molecule has 0 spiro atoms. The molecule has 0 saturated heterocycles. The van der Waals surface area contributed by atoms with Crippen LogP contribution in [0.2, 0.25) is 0 Å². The van der Waals surface area contributed by atoms with Crippen LogP contribution in [0.3, 0.4) is 0 Å². The Hall–Kier alpha value is -3.80. The van der Waals surface area contributed by atoms with E-state index in [9.17, 15) is 14.0 Å². The molecule has 1 N–H and O–H groups in total. The molecule has 0 unspecified atom stereocenters. The Morgan fingerprint density at radius 2 is 1.62 bits per heavy atom. The fraction of sp³-hybridized carbons (Fsp3) is 0.0870. The molecule has 144 valence electrons. The van der Waals surface area contributed by atoms with Crippen molar-refractivity contribution in [3.8, 4) is 0 Å². The standard InChI is InChI=1S/C23H18FN3O2/c1-15-4-2-3-5-19(15)26-21-20(17-6-8-18(24)9-7-17)22(28)27(23(21)29)14-16-10-12-25-13-11-16/h2-13,26H,14H2,1H3. The van der Waals surface area contributed by atoms with Gasteiger partial charge >= 0.3 is 0 Å². The SMILES string of the molecule is Cc1ccccc1NC1=C(c2ccc(F)cc2)C(=O)N(Cc2ccncc2)C1=O. The number of rotatable bonds is 5. The van der Waals surface area contributed by atoms with Crippen molar-refractivity contribution in [1.82, 2.24) is 9.88 Å². The van der Waals surface area contributed by atoms with Crippen LogP contribution in [0.5, 0.6) is 0 Å². The van der Waals surface area contributed by atoms with Crippen molar-refractivity contribution in [2.45, 2.75) is 13.5 Å². The number of hydrogen-bond acceptors (Lipinski definition) is 4. The number of anilines is 1. The summed E-state index contributed by atoms with van der Waals surface area (Å²) < 4.78 is 13.4. The highest BCUT2D eigenvalue weighted by atomic mass is 19.1. The van der Waals surface area contributed by atoms with E-state index in [2.05, 4.69) is 10.3 Å². The molecular weight excluding hydrogens is 369 g/mol. The Labute approximate surface area is 167 Å². The van der Waals surface area contributed by atoms with Crippen molar-refractivity contribution in [3.63, 3.8) is 0 Å². The van der Waals surface area contributed by atoms with Crippen molar-refractivity contribution in [3.05, 3.63) is 101 Å². The van der Waals surface area contributed by atoms with Crippen LogP contribution in [-0.4, -0.2) is 21.7 Å². The normalized spacial score (nSPS) is 13.9. The highest BCUT2D eigenvalue weighted by molar-refractivity contribution is 6.36. The van der Waals surface area contributed by atoms with Gasteiger partial charge in [-0.3, -0.25) is 19.5 Å². The maximum atomic E-state index is 13.4. The van der Waals surface area contributed by atoms with E-state index in [0.717, 1.165) is 16.8 Å². The van der Waals surface area contributed by atoms with E-state index in [4.69, 9.17) is 0 Å². The number of amides is 2. The minimum absolute atomic E-state index is 0.129. The third kappa shape index (κ3) is 3.65. The molecule has 0 saturated carbocycles. The monoisotopic (exact) mass is 387 g/mol. The van der Waals surface area contributed by atoms with E-state index in [0.29, 0.717) is 5.56 Å². The molecule has 1 aliphatic heterocycles. The minimum Gasteiger partial charge on any atom is -0.350 e. The van der Waals surface area contributed by atoms with Gasteiger partial charge in [-0.2, -0.15) is 0 Å². The maximum Gasteiger partial charge on any atom is 0.278 e. The lowest BCUT2D eigenvalue weighted by atomic mass is 10.0. The number of pyridine rings is 1. The lowest BCUT2D eigenvalue weighted by Crippen LogP contribution is -2.32. The van der Waals surface area contributed by atoms with Crippen molar-refractivity contribution < 1.29 is 14.0 Å². The lowest BCUT2D eigenvalue weighted by molar-refractivity contribution is -0.137. The molecule has 0 fully saturated rings. The van der Waals surface area contributed by atoms with Gasteiger partial charge in [-0.1, -0.05) is 30.3 Å². The fourth-order valence-electron chi connectivity index (χ4n) is 3.24. The molecule has 1 aliphatic rings. The summed E-state index contributed by atoms with van der Waals surface area (Å²) in [7, 11) is 0. The van der Waals surface area contributed by atoms with Gasteiger partial charge in [-0.25, -0.2) is 4.39 Å².